The van der Waals surface area contributed by atoms with E-state index in [1.165, 1.54) is 11.8 Å². The molecular weight excluding hydrogens is 271 g/mol. The van der Waals surface area contributed by atoms with E-state index in [0.29, 0.717) is 6.61 Å². The molecule has 1 nitrogen and oxygen atoms in total. The highest BCUT2D eigenvalue weighted by Crippen LogP contribution is 2.31. The number of rotatable bonds is 4. The third-order valence-corrected chi connectivity index (χ3v) is 3.42. The van der Waals surface area contributed by atoms with Crippen LogP contribution in [0.5, 0.6) is 5.75 Å². The topological polar surface area (TPSA) is 9.23 Å². The fourth-order valence-corrected chi connectivity index (χ4v) is 2.23. The number of ether oxygens (including phenoxy) is 1. The maximum atomic E-state index is 13.8. The van der Waals surface area contributed by atoms with E-state index in [0.717, 1.165) is 10.5 Å². The first-order chi connectivity index (χ1) is 8.70. The highest BCUT2D eigenvalue weighted by Gasteiger charge is 2.10. The molecular formula is C14H12ClFOS. The second-order valence-corrected chi connectivity index (χ2v) is 4.98. The Morgan fingerprint density at radius 2 is 1.94 bits per heavy atom. The summed E-state index contributed by atoms with van der Waals surface area (Å²) in [7, 11) is 0. The molecule has 0 N–H and O–H groups in total. The maximum Gasteiger partial charge on any atom is 0.183 e. The minimum Gasteiger partial charge on any atom is -0.486 e. The van der Waals surface area contributed by atoms with E-state index in [9.17, 15) is 4.39 Å². The van der Waals surface area contributed by atoms with Gasteiger partial charge in [-0.25, -0.2) is 4.39 Å². The van der Waals surface area contributed by atoms with E-state index >= 15 is 0 Å². The number of hydrogen-bond donors (Lipinski definition) is 0. The summed E-state index contributed by atoms with van der Waals surface area (Å²) in [6.07, 6.45) is 1.91. The van der Waals surface area contributed by atoms with Crippen molar-refractivity contribution in [3.8, 4) is 5.75 Å². The standard InChI is InChI=1S/C14H12ClFOS/c1-18-11-7-12(15)14(16)13(8-11)17-9-10-5-3-2-4-6-10/h2-8H,9H2,1H3. The molecule has 0 atom stereocenters. The van der Waals surface area contributed by atoms with Crippen LogP contribution in [0.1, 0.15) is 5.56 Å². The first-order valence-corrected chi connectivity index (χ1v) is 7.00. The molecule has 18 heavy (non-hydrogen) atoms. The van der Waals surface area contributed by atoms with E-state index < -0.39 is 5.82 Å². The Bertz CT molecular complexity index is 531. The third kappa shape index (κ3) is 3.18. The first kappa shape index (κ1) is 13.2. The smallest absolute Gasteiger partial charge is 0.183 e. The third-order valence-electron chi connectivity index (χ3n) is 2.44. The minimum atomic E-state index is -0.509. The predicted molar refractivity (Wildman–Crippen MR) is 74.0 cm³/mol. The van der Waals surface area contributed by atoms with Crippen molar-refractivity contribution in [2.75, 3.05) is 6.26 Å². The maximum absolute atomic E-state index is 13.8. The molecule has 0 heterocycles. The van der Waals surface area contributed by atoms with Crippen LogP contribution < -0.4 is 4.74 Å². The SMILES string of the molecule is CSc1cc(Cl)c(F)c(OCc2ccccc2)c1. The Labute approximate surface area is 115 Å². The summed E-state index contributed by atoms with van der Waals surface area (Å²) in [6.45, 7) is 0.325. The molecule has 0 fully saturated rings. The Balaban J connectivity index is 2.16. The van der Waals surface area contributed by atoms with E-state index in [-0.39, 0.29) is 10.8 Å². The zero-order valence-electron chi connectivity index (χ0n) is 9.82. The van der Waals surface area contributed by atoms with Gasteiger partial charge in [-0.05, 0) is 24.0 Å². The normalized spacial score (nSPS) is 10.4. The largest absolute Gasteiger partial charge is 0.486 e. The highest BCUT2D eigenvalue weighted by molar-refractivity contribution is 7.98. The van der Waals surface area contributed by atoms with Crippen molar-refractivity contribution in [3.63, 3.8) is 0 Å². The van der Waals surface area contributed by atoms with Gasteiger partial charge < -0.3 is 4.74 Å². The monoisotopic (exact) mass is 282 g/mol. The Hall–Kier alpha value is -1.19. The predicted octanol–water partition coefficient (Wildman–Crippen LogP) is 4.78. The molecule has 2 rings (SSSR count). The number of hydrogen-bond acceptors (Lipinski definition) is 2. The van der Waals surface area contributed by atoms with Gasteiger partial charge in [-0.3, -0.25) is 0 Å². The van der Waals surface area contributed by atoms with Gasteiger partial charge in [0, 0.05) is 4.90 Å². The molecule has 0 unspecified atom stereocenters. The molecule has 94 valence electrons. The van der Waals surface area contributed by atoms with E-state index in [4.69, 9.17) is 16.3 Å². The van der Waals surface area contributed by atoms with Gasteiger partial charge in [0.25, 0.3) is 0 Å². The Kier molecular flexibility index (Phi) is 4.50. The molecule has 0 aromatic heterocycles. The van der Waals surface area contributed by atoms with Crippen LogP contribution in [0.25, 0.3) is 0 Å². The molecule has 2 aromatic carbocycles. The number of thioether (sulfide) groups is 1. The Morgan fingerprint density at radius 1 is 1.22 bits per heavy atom. The highest BCUT2D eigenvalue weighted by atomic mass is 35.5. The molecule has 2 aromatic rings. The lowest BCUT2D eigenvalue weighted by Crippen LogP contribution is -1.98. The van der Waals surface area contributed by atoms with Crippen molar-refractivity contribution in [2.45, 2.75) is 11.5 Å². The second-order valence-electron chi connectivity index (χ2n) is 3.70. The van der Waals surface area contributed by atoms with Crippen LogP contribution in [0.15, 0.2) is 47.4 Å². The molecule has 4 heteroatoms. The molecule has 0 amide bonds. The fourth-order valence-electron chi connectivity index (χ4n) is 1.50. The molecule has 0 spiro atoms. The van der Waals surface area contributed by atoms with Gasteiger partial charge in [0.1, 0.15) is 6.61 Å². The molecule has 0 aliphatic carbocycles. The molecule has 0 radical (unpaired) electrons. The lowest BCUT2D eigenvalue weighted by Gasteiger charge is -2.09. The minimum absolute atomic E-state index is 0.0879. The van der Waals surface area contributed by atoms with Crippen LogP contribution >= 0.6 is 23.4 Å². The number of halogens is 2. The average Bonchev–Trinajstić information content (AvgIpc) is 2.41. The molecule has 0 aliphatic rings. The van der Waals surface area contributed by atoms with E-state index in [2.05, 4.69) is 0 Å². The summed E-state index contributed by atoms with van der Waals surface area (Å²) in [5.41, 5.74) is 0.988. The van der Waals surface area contributed by atoms with Crippen LogP contribution in [0.2, 0.25) is 5.02 Å². The van der Waals surface area contributed by atoms with Gasteiger partial charge in [0.05, 0.1) is 5.02 Å². The van der Waals surface area contributed by atoms with Gasteiger partial charge in [-0.15, -0.1) is 11.8 Å². The van der Waals surface area contributed by atoms with Crippen molar-refractivity contribution < 1.29 is 9.13 Å². The molecule has 0 aliphatic heterocycles. The zero-order chi connectivity index (χ0) is 13.0. The summed E-state index contributed by atoms with van der Waals surface area (Å²) in [6, 6.07) is 12.9. The van der Waals surface area contributed by atoms with Crippen LogP contribution in [-0.2, 0) is 6.61 Å². The van der Waals surface area contributed by atoms with Crippen molar-refractivity contribution in [1.29, 1.82) is 0 Å². The zero-order valence-corrected chi connectivity index (χ0v) is 11.4. The molecule has 0 saturated carbocycles. The quantitative estimate of drug-likeness (QED) is 0.746. The van der Waals surface area contributed by atoms with Crippen LogP contribution in [0, 0.1) is 5.82 Å². The van der Waals surface area contributed by atoms with Gasteiger partial charge in [0.15, 0.2) is 11.6 Å². The average molecular weight is 283 g/mol. The van der Waals surface area contributed by atoms with Gasteiger partial charge in [-0.1, -0.05) is 41.9 Å². The van der Waals surface area contributed by atoms with Gasteiger partial charge in [0.2, 0.25) is 0 Å². The van der Waals surface area contributed by atoms with Gasteiger partial charge >= 0.3 is 0 Å². The van der Waals surface area contributed by atoms with Crippen molar-refractivity contribution in [3.05, 3.63) is 58.9 Å². The lowest BCUT2D eigenvalue weighted by atomic mass is 10.2. The van der Waals surface area contributed by atoms with E-state index in [1.54, 1.807) is 12.1 Å². The summed E-state index contributed by atoms with van der Waals surface area (Å²) >= 11 is 7.31. The summed E-state index contributed by atoms with van der Waals surface area (Å²) < 4.78 is 19.2. The fraction of sp³-hybridized carbons (Fsp3) is 0.143. The van der Waals surface area contributed by atoms with Crippen molar-refractivity contribution >= 4 is 23.4 Å². The summed E-state index contributed by atoms with van der Waals surface area (Å²) in [5, 5.41) is 0.0879. The van der Waals surface area contributed by atoms with Crippen LogP contribution in [0.4, 0.5) is 4.39 Å². The summed E-state index contributed by atoms with van der Waals surface area (Å²) in [5.74, 6) is -0.318. The van der Waals surface area contributed by atoms with Crippen molar-refractivity contribution in [1.82, 2.24) is 0 Å². The first-order valence-electron chi connectivity index (χ1n) is 5.40. The number of benzene rings is 2. The van der Waals surface area contributed by atoms with Crippen LogP contribution in [-0.4, -0.2) is 6.26 Å². The van der Waals surface area contributed by atoms with E-state index in [1.807, 2.05) is 36.6 Å². The lowest BCUT2D eigenvalue weighted by molar-refractivity contribution is 0.289. The summed E-state index contributed by atoms with van der Waals surface area (Å²) in [4.78, 5) is 0.879. The molecule has 0 saturated heterocycles. The Morgan fingerprint density at radius 3 is 2.61 bits per heavy atom. The van der Waals surface area contributed by atoms with Gasteiger partial charge in [-0.2, -0.15) is 0 Å². The van der Waals surface area contributed by atoms with Crippen LogP contribution in [0.3, 0.4) is 0 Å². The molecule has 0 bridgehead atoms. The van der Waals surface area contributed by atoms with Crippen molar-refractivity contribution in [2.24, 2.45) is 0 Å². The second kappa shape index (κ2) is 6.12.